The van der Waals surface area contributed by atoms with E-state index in [0.717, 1.165) is 5.69 Å². The van der Waals surface area contributed by atoms with Crippen LogP contribution < -0.4 is 5.32 Å². The number of nitrogens with zero attached hydrogens (tertiary/aromatic N) is 1. The molecule has 1 aromatic heterocycles. The van der Waals surface area contributed by atoms with Crippen LogP contribution in [-0.2, 0) is 0 Å². The van der Waals surface area contributed by atoms with E-state index >= 15 is 0 Å². The van der Waals surface area contributed by atoms with E-state index in [-0.39, 0.29) is 0 Å². The number of rotatable bonds is 3. The van der Waals surface area contributed by atoms with Crippen molar-refractivity contribution in [2.24, 2.45) is 5.41 Å². The Morgan fingerprint density at radius 2 is 2.11 bits per heavy atom. The summed E-state index contributed by atoms with van der Waals surface area (Å²) in [5.41, 5.74) is 1.69. The van der Waals surface area contributed by atoms with E-state index in [2.05, 4.69) is 43.2 Å². The van der Waals surface area contributed by atoms with E-state index < -0.39 is 0 Å². The topological polar surface area (TPSA) is 24.9 Å². The van der Waals surface area contributed by atoms with E-state index in [0.29, 0.717) is 17.5 Å². The number of pyridine rings is 1. The van der Waals surface area contributed by atoms with Crippen molar-refractivity contribution in [1.29, 1.82) is 0 Å². The highest BCUT2D eigenvalue weighted by molar-refractivity contribution is 5.07. The van der Waals surface area contributed by atoms with Crippen LogP contribution in [0.4, 0.5) is 0 Å². The molecule has 1 aromatic rings. The minimum absolute atomic E-state index is 0.359. The molecule has 1 aliphatic rings. The van der Waals surface area contributed by atoms with Gasteiger partial charge < -0.3 is 5.32 Å². The minimum atomic E-state index is 0.359. The highest BCUT2D eigenvalue weighted by Crippen LogP contribution is 2.34. The maximum absolute atomic E-state index is 4.43. The predicted molar refractivity (Wildman–Crippen MR) is 76.4 cm³/mol. The standard InChI is InChI=1S/C16H26N2/c1-13(15-8-4-5-12-17-15)18-14-7-6-10-16(2,3)11-9-14/h4-5,8,12-14,18H,6-7,9-11H2,1-3H3. The molecule has 0 amide bonds. The molecular weight excluding hydrogens is 220 g/mol. The molecule has 100 valence electrons. The summed E-state index contributed by atoms with van der Waals surface area (Å²) < 4.78 is 0. The first-order chi connectivity index (χ1) is 8.57. The van der Waals surface area contributed by atoms with Gasteiger partial charge in [-0.2, -0.15) is 0 Å². The van der Waals surface area contributed by atoms with Gasteiger partial charge in [-0.3, -0.25) is 4.98 Å². The maximum Gasteiger partial charge on any atom is 0.0570 e. The van der Waals surface area contributed by atoms with Crippen LogP contribution in [0.2, 0.25) is 0 Å². The lowest BCUT2D eigenvalue weighted by Gasteiger charge is -2.24. The average Bonchev–Trinajstić information content (AvgIpc) is 2.52. The Morgan fingerprint density at radius 3 is 2.83 bits per heavy atom. The van der Waals surface area contributed by atoms with Crippen LogP contribution in [0.25, 0.3) is 0 Å². The Labute approximate surface area is 111 Å². The molecule has 1 aliphatic carbocycles. The van der Waals surface area contributed by atoms with Crippen LogP contribution in [0.1, 0.15) is 64.6 Å². The summed E-state index contributed by atoms with van der Waals surface area (Å²) >= 11 is 0. The van der Waals surface area contributed by atoms with Gasteiger partial charge in [-0.1, -0.05) is 26.3 Å². The van der Waals surface area contributed by atoms with Gasteiger partial charge in [-0.05, 0) is 50.2 Å². The van der Waals surface area contributed by atoms with Gasteiger partial charge in [0.2, 0.25) is 0 Å². The highest BCUT2D eigenvalue weighted by atomic mass is 15.0. The summed E-state index contributed by atoms with van der Waals surface area (Å²) in [7, 11) is 0. The molecule has 0 radical (unpaired) electrons. The summed E-state index contributed by atoms with van der Waals surface area (Å²) in [6, 6.07) is 7.17. The fraction of sp³-hybridized carbons (Fsp3) is 0.688. The molecule has 0 aromatic carbocycles. The zero-order chi connectivity index (χ0) is 13.0. The van der Waals surface area contributed by atoms with E-state index in [1.807, 2.05) is 12.3 Å². The summed E-state index contributed by atoms with van der Waals surface area (Å²) in [6.45, 7) is 7.02. The van der Waals surface area contributed by atoms with Gasteiger partial charge in [0.25, 0.3) is 0 Å². The first-order valence-corrected chi connectivity index (χ1v) is 7.24. The second kappa shape index (κ2) is 5.83. The van der Waals surface area contributed by atoms with Crippen molar-refractivity contribution in [3.05, 3.63) is 30.1 Å². The van der Waals surface area contributed by atoms with Crippen molar-refractivity contribution < 1.29 is 0 Å². The molecule has 1 saturated carbocycles. The zero-order valence-electron chi connectivity index (χ0n) is 11.9. The first-order valence-electron chi connectivity index (χ1n) is 7.24. The molecule has 0 spiro atoms. The summed E-state index contributed by atoms with van der Waals surface area (Å²) in [5.74, 6) is 0. The summed E-state index contributed by atoms with van der Waals surface area (Å²) in [6.07, 6.45) is 8.52. The molecule has 2 unspecified atom stereocenters. The fourth-order valence-electron chi connectivity index (χ4n) is 2.90. The Morgan fingerprint density at radius 1 is 1.28 bits per heavy atom. The third-order valence-corrected chi connectivity index (χ3v) is 4.19. The van der Waals surface area contributed by atoms with Gasteiger partial charge in [-0.15, -0.1) is 0 Å². The van der Waals surface area contributed by atoms with Crippen LogP contribution >= 0.6 is 0 Å². The van der Waals surface area contributed by atoms with E-state index in [1.165, 1.54) is 32.1 Å². The lowest BCUT2D eigenvalue weighted by molar-refractivity contribution is 0.307. The lowest BCUT2D eigenvalue weighted by atomic mass is 9.85. The average molecular weight is 246 g/mol. The maximum atomic E-state index is 4.43. The molecule has 0 saturated heterocycles. The molecule has 2 rings (SSSR count). The quantitative estimate of drug-likeness (QED) is 0.812. The van der Waals surface area contributed by atoms with Gasteiger partial charge in [0.1, 0.15) is 0 Å². The van der Waals surface area contributed by atoms with Crippen molar-refractivity contribution in [1.82, 2.24) is 10.3 Å². The van der Waals surface area contributed by atoms with Crippen LogP contribution in [-0.4, -0.2) is 11.0 Å². The van der Waals surface area contributed by atoms with Gasteiger partial charge in [0.05, 0.1) is 5.69 Å². The van der Waals surface area contributed by atoms with Crippen LogP contribution in [0.3, 0.4) is 0 Å². The summed E-state index contributed by atoms with van der Waals surface area (Å²) in [4.78, 5) is 4.43. The largest absolute Gasteiger partial charge is 0.306 e. The molecule has 0 aliphatic heterocycles. The van der Waals surface area contributed by atoms with E-state index in [1.54, 1.807) is 0 Å². The van der Waals surface area contributed by atoms with Crippen molar-refractivity contribution in [2.45, 2.75) is 65.0 Å². The Balaban J connectivity index is 1.90. The van der Waals surface area contributed by atoms with Crippen molar-refractivity contribution >= 4 is 0 Å². The second-order valence-electron chi connectivity index (χ2n) is 6.43. The van der Waals surface area contributed by atoms with E-state index in [4.69, 9.17) is 0 Å². The van der Waals surface area contributed by atoms with Crippen LogP contribution in [0, 0.1) is 5.41 Å². The molecule has 1 fully saturated rings. The molecule has 1 N–H and O–H groups in total. The summed E-state index contributed by atoms with van der Waals surface area (Å²) in [5, 5.41) is 3.75. The molecule has 2 heteroatoms. The number of hydrogen-bond donors (Lipinski definition) is 1. The van der Waals surface area contributed by atoms with Gasteiger partial charge in [0, 0.05) is 18.3 Å². The van der Waals surface area contributed by atoms with Crippen molar-refractivity contribution in [3.8, 4) is 0 Å². The highest BCUT2D eigenvalue weighted by Gasteiger charge is 2.25. The molecule has 0 bridgehead atoms. The molecule has 2 nitrogen and oxygen atoms in total. The van der Waals surface area contributed by atoms with Gasteiger partial charge in [0.15, 0.2) is 0 Å². The normalized spacial score (nSPS) is 25.4. The predicted octanol–water partition coefficient (Wildman–Crippen LogP) is 4.09. The fourth-order valence-corrected chi connectivity index (χ4v) is 2.90. The van der Waals surface area contributed by atoms with Crippen LogP contribution in [0.15, 0.2) is 24.4 Å². The number of hydrogen-bond acceptors (Lipinski definition) is 2. The molecule has 18 heavy (non-hydrogen) atoms. The number of aromatic nitrogens is 1. The van der Waals surface area contributed by atoms with Crippen molar-refractivity contribution in [3.63, 3.8) is 0 Å². The number of nitrogens with one attached hydrogen (secondary N) is 1. The third-order valence-electron chi connectivity index (χ3n) is 4.19. The van der Waals surface area contributed by atoms with Gasteiger partial charge in [-0.25, -0.2) is 0 Å². The van der Waals surface area contributed by atoms with Crippen LogP contribution in [0.5, 0.6) is 0 Å². The monoisotopic (exact) mass is 246 g/mol. The smallest absolute Gasteiger partial charge is 0.0570 e. The van der Waals surface area contributed by atoms with Crippen molar-refractivity contribution in [2.75, 3.05) is 0 Å². The zero-order valence-corrected chi connectivity index (χ0v) is 11.9. The third kappa shape index (κ3) is 3.81. The minimum Gasteiger partial charge on any atom is -0.306 e. The lowest BCUT2D eigenvalue weighted by Crippen LogP contribution is -2.31. The molecule has 2 atom stereocenters. The molecule has 1 heterocycles. The second-order valence-corrected chi connectivity index (χ2v) is 6.43. The van der Waals surface area contributed by atoms with Gasteiger partial charge >= 0.3 is 0 Å². The van der Waals surface area contributed by atoms with E-state index in [9.17, 15) is 0 Å². The Bertz CT molecular complexity index is 359. The molecular formula is C16H26N2. The SMILES string of the molecule is CC(NC1CCCC(C)(C)CC1)c1ccccn1. The Hall–Kier alpha value is -0.890. The first kappa shape index (κ1) is 13.5. The Kier molecular flexibility index (Phi) is 4.39.